The van der Waals surface area contributed by atoms with Crippen LogP contribution in [0.25, 0.3) is 11.0 Å². The van der Waals surface area contributed by atoms with E-state index in [2.05, 4.69) is 23.4 Å². The number of rotatable bonds is 4. The van der Waals surface area contributed by atoms with Crippen molar-refractivity contribution in [3.63, 3.8) is 0 Å². The van der Waals surface area contributed by atoms with Gasteiger partial charge in [-0.25, -0.2) is 9.66 Å². The second-order valence-corrected chi connectivity index (χ2v) is 4.18. The van der Waals surface area contributed by atoms with Crippen LogP contribution in [-0.4, -0.2) is 21.5 Å². The summed E-state index contributed by atoms with van der Waals surface area (Å²) in [4.78, 5) is 4.28. The van der Waals surface area contributed by atoms with Gasteiger partial charge in [0, 0.05) is 11.6 Å². The lowest BCUT2D eigenvalue weighted by Crippen LogP contribution is -2.19. The molecule has 0 aromatic carbocycles. The molecule has 0 saturated heterocycles. The molecule has 0 spiro atoms. The zero-order valence-corrected chi connectivity index (χ0v) is 10.5. The van der Waals surface area contributed by atoms with Gasteiger partial charge in [0.05, 0.1) is 0 Å². The topological polar surface area (TPSA) is 50.1 Å². The van der Waals surface area contributed by atoms with Gasteiger partial charge in [0.15, 0.2) is 5.65 Å². The lowest BCUT2D eigenvalue weighted by atomic mass is 10.1. The highest BCUT2D eigenvalue weighted by molar-refractivity contribution is 7.71. The largest absolute Gasteiger partial charge is 0.375 e. The fourth-order valence-corrected chi connectivity index (χ4v) is 2.18. The average Bonchev–Trinajstić information content (AvgIpc) is 2.35. The Bertz CT molecular complexity index is 579. The van der Waals surface area contributed by atoms with Crippen LogP contribution >= 0.6 is 12.2 Å². The van der Waals surface area contributed by atoms with Gasteiger partial charge in [-0.15, -0.1) is 0 Å². The highest BCUT2D eigenvalue weighted by Gasteiger charge is 2.06. The van der Waals surface area contributed by atoms with Crippen LogP contribution in [0, 0.1) is 4.64 Å². The molecule has 2 rings (SSSR count). The van der Waals surface area contributed by atoms with Gasteiger partial charge in [0.2, 0.25) is 0 Å². The molecule has 0 aliphatic carbocycles. The lowest BCUT2D eigenvalue weighted by molar-refractivity contribution is 0.309. The molecule has 0 fully saturated rings. The third kappa shape index (κ3) is 2.30. The van der Waals surface area contributed by atoms with Crippen molar-refractivity contribution in [1.29, 1.82) is 0 Å². The van der Waals surface area contributed by atoms with E-state index < -0.39 is 0 Å². The van der Waals surface area contributed by atoms with Crippen LogP contribution < -0.4 is 5.43 Å². The van der Waals surface area contributed by atoms with Gasteiger partial charge in [-0.1, -0.05) is 25.6 Å². The first kappa shape index (κ1) is 12.0. The molecule has 0 saturated carbocycles. The number of nitrogens with zero attached hydrogens (tertiary/aromatic N) is 2. The Kier molecular flexibility index (Phi) is 3.71. The number of fused-ring (bicyclic) bond motifs is 1. The van der Waals surface area contributed by atoms with Crippen molar-refractivity contribution in [2.45, 2.75) is 19.8 Å². The fraction of sp³-hybridized carbons (Fsp3) is 0.333. The molecule has 0 unspecified atom stereocenters. The van der Waals surface area contributed by atoms with Crippen LogP contribution in [0.4, 0.5) is 0 Å². The number of pyridine rings is 2. The summed E-state index contributed by atoms with van der Waals surface area (Å²) in [6.07, 6.45) is 3.68. The van der Waals surface area contributed by atoms with Crippen molar-refractivity contribution in [1.82, 2.24) is 9.66 Å². The summed E-state index contributed by atoms with van der Waals surface area (Å²) in [6.45, 7) is 1.95. The van der Waals surface area contributed by atoms with Gasteiger partial charge in [0.1, 0.15) is 11.4 Å². The third-order valence-corrected chi connectivity index (χ3v) is 3.03. The highest BCUT2D eigenvalue weighted by Crippen LogP contribution is 2.16. The van der Waals surface area contributed by atoms with Gasteiger partial charge in [-0.05, 0) is 30.2 Å². The van der Waals surface area contributed by atoms with E-state index in [1.54, 1.807) is 10.9 Å². The van der Waals surface area contributed by atoms with Crippen molar-refractivity contribution in [3.8, 4) is 0 Å². The van der Waals surface area contributed by atoms with E-state index in [1.807, 2.05) is 12.1 Å². The van der Waals surface area contributed by atoms with Crippen LogP contribution in [0.5, 0.6) is 0 Å². The maximum absolute atomic E-state index is 9.02. The predicted molar refractivity (Wildman–Crippen MR) is 71.0 cm³/mol. The molecule has 2 aromatic heterocycles. The Morgan fingerprint density at radius 3 is 3.06 bits per heavy atom. The number of aliphatic hydroxyl groups is 1. The molecule has 2 heterocycles. The Morgan fingerprint density at radius 2 is 2.35 bits per heavy atom. The SMILES string of the molecule is CCCc1cc2cccnc2n(NCO)c1=S. The molecule has 5 heteroatoms. The fourth-order valence-electron chi connectivity index (χ4n) is 1.86. The van der Waals surface area contributed by atoms with Gasteiger partial charge in [-0.3, -0.25) is 5.43 Å². The molecule has 0 bridgehead atoms. The minimum Gasteiger partial charge on any atom is -0.375 e. The van der Waals surface area contributed by atoms with Crippen molar-refractivity contribution >= 4 is 23.3 Å². The minimum atomic E-state index is -0.171. The van der Waals surface area contributed by atoms with Crippen molar-refractivity contribution in [2.75, 3.05) is 12.2 Å². The Morgan fingerprint density at radius 1 is 1.53 bits per heavy atom. The predicted octanol–water partition coefficient (Wildman–Crippen LogP) is 2.21. The second kappa shape index (κ2) is 5.25. The molecule has 0 atom stereocenters. The summed E-state index contributed by atoms with van der Waals surface area (Å²) in [5.41, 5.74) is 4.67. The second-order valence-electron chi connectivity index (χ2n) is 3.79. The lowest BCUT2D eigenvalue weighted by Gasteiger charge is -2.13. The number of hydrogen-bond donors (Lipinski definition) is 2. The van der Waals surface area contributed by atoms with E-state index in [1.165, 1.54) is 0 Å². The van der Waals surface area contributed by atoms with E-state index in [9.17, 15) is 0 Å². The minimum absolute atomic E-state index is 0.171. The average molecular weight is 249 g/mol. The number of hydrogen-bond acceptors (Lipinski definition) is 4. The maximum Gasteiger partial charge on any atom is 0.159 e. The van der Waals surface area contributed by atoms with Crippen LogP contribution in [0.2, 0.25) is 0 Å². The Balaban J connectivity index is 2.71. The van der Waals surface area contributed by atoms with Crippen molar-refractivity contribution < 1.29 is 5.11 Å². The molecular weight excluding hydrogens is 234 g/mol. The monoisotopic (exact) mass is 249 g/mol. The van der Waals surface area contributed by atoms with E-state index in [4.69, 9.17) is 17.3 Å². The number of aromatic nitrogens is 2. The van der Waals surface area contributed by atoms with E-state index in [-0.39, 0.29) is 6.73 Å². The highest BCUT2D eigenvalue weighted by atomic mass is 32.1. The Hall–Kier alpha value is -1.46. The summed E-state index contributed by atoms with van der Waals surface area (Å²) >= 11 is 5.40. The molecule has 4 nitrogen and oxygen atoms in total. The first-order valence-corrected chi connectivity index (χ1v) is 6.03. The third-order valence-electron chi connectivity index (χ3n) is 2.58. The maximum atomic E-state index is 9.02. The van der Waals surface area contributed by atoms with Crippen LogP contribution in [0.3, 0.4) is 0 Å². The van der Waals surface area contributed by atoms with Gasteiger partial charge < -0.3 is 5.11 Å². The summed E-state index contributed by atoms with van der Waals surface area (Å²) in [5, 5.41) is 10.0. The summed E-state index contributed by atoms with van der Waals surface area (Å²) in [6, 6.07) is 5.96. The standard InChI is InChI=1S/C12H15N3OS/c1-2-4-10-7-9-5-3-6-13-11(9)15(12(10)17)14-8-16/h3,5-7,14,16H,2,4,8H2,1H3. The summed E-state index contributed by atoms with van der Waals surface area (Å²) in [5.74, 6) is 0. The van der Waals surface area contributed by atoms with E-state index in [0.29, 0.717) is 4.64 Å². The number of nitrogens with one attached hydrogen (secondary N) is 1. The molecular formula is C12H15N3OS. The molecule has 0 aliphatic heterocycles. The normalized spacial score (nSPS) is 10.7. The quantitative estimate of drug-likeness (QED) is 0.644. The summed E-state index contributed by atoms with van der Waals surface area (Å²) in [7, 11) is 0. The summed E-state index contributed by atoms with van der Waals surface area (Å²) < 4.78 is 2.36. The van der Waals surface area contributed by atoms with Crippen molar-refractivity contribution in [2.24, 2.45) is 0 Å². The first-order chi connectivity index (χ1) is 8.27. The Labute approximate surface area is 105 Å². The smallest absolute Gasteiger partial charge is 0.159 e. The molecule has 90 valence electrons. The zero-order valence-electron chi connectivity index (χ0n) is 9.68. The number of aliphatic hydroxyl groups excluding tert-OH is 1. The number of aryl methyl sites for hydroxylation is 1. The van der Waals surface area contributed by atoms with Crippen molar-refractivity contribution in [3.05, 3.63) is 34.6 Å². The first-order valence-electron chi connectivity index (χ1n) is 5.62. The zero-order chi connectivity index (χ0) is 12.3. The molecule has 0 aliphatic rings. The molecule has 0 amide bonds. The van der Waals surface area contributed by atoms with Crippen LogP contribution in [0.15, 0.2) is 24.4 Å². The van der Waals surface area contributed by atoms with Gasteiger partial charge >= 0.3 is 0 Å². The molecule has 17 heavy (non-hydrogen) atoms. The molecule has 0 radical (unpaired) electrons. The van der Waals surface area contributed by atoms with E-state index >= 15 is 0 Å². The van der Waals surface area contributed by atoms with Crippen LogP contribution in [0.1, 0.15) is 18.9 Å². The van der Waals surface area contributed by atoms with Gasteiger partial charge in [-0.2, -0.15) is 0 Å². The van der Waals surface area contributed by atoms with E-state index in [0.717, 1.165) is 29.4 Å². The molecule has 2 N–H and O–H groups in total. The molecule has 2 aromatic rings. The van der Waals surface area contributed by atoms with Gasteiger partial charge in [0.25, 0.3) is 0 Å². The van der Waals surface area contributed by atoms with Crippen LogP contribution in [-0.2, 0) is 6.42 Å².